The molecule has 0 radical (unpaired) electrons. The molecule has 0 heterocycles. The molecule has 1 atom stereocenters. The molecule has 0 nitrogen and oxygen atoms in total. The molecule has 0 heteroatoms. The van der Waals surface area contributed by atoms with Crippen LogP contribution in [0.5, 0.6) is 0 Å². The Morgan fingerprint density at radius 3 is 2.57 bits per heavy atom. The summed E-state index contributed by atoms with van der Waals surface area (Å²) in [5, 5.41) is 0. The first-order chi connectivity index (χ1) is 6.75. The van der Waals surface area contributed by atoms with E-state index in [0.29, 0.717) is 0 Å². The lowest BCUT2D eigenvalue weighted by Gasteiger charge is -2.21. The molecule has 0 aromatic heterocycles. The van der Waals surface area contributed by atoms with Crippen LogP contribution >= 0.6 is 0 Å². The molecule has 0 fully saturated rings. The van der Waals surface area contributed by atoms with Crippen LogP contribution in [-0.4, -0.2) is 0 Å². The zero-order valence-electron chi connectivity index (χ0n) is 9.93. The van der Waals surface area contributed by atoms with E-state index >= 15 is 0 Å². The highest BCUT2D eigenvalue weighted by atomic mass is 14.2. The topological polar surface area (TPSA) is 0 Å². The molecule has 1 aliphatic carbocycles. The largest absolute Gasteiger partial charge is 0.0683 e. The van der Waals surface area contributed by atoms with Crippen LogP contribution in [0.15, 0.2) is 18.2 Å². The molecule has 0 aliphatic heterocycles. The molecule has 0 amide bonds. The van der Waals surface area contributed by atoms with Gasteiger partial charge >= 0.3 is 0 Å². The first kappa shape index (κ1) is 11.3. The molecule has 0 saturated heterocycles. The van der Waals surface area contributed by atoms with E-state index in [1.165, 1.54) is 24.8 Å². The van der Waals surface area contributed by atoms with Crippen molar-refractivity contribution < 1.29 is 0 Å². The second-order valence-corrected chi connectivity index (χ2v) is 4.12. The van der Waals surface area contributed by atoms with E-state index in [-0.39, 0.29) is 0 Å². The van der Waals surface area contributed by atoms with Crippen LogP contribution in [-0.2, 0) is 12.8 Å². The van der Waals surface area contributed by atoms with Crippen LogP contribution in [0.2, 0.25) is 0 Å². The van der Waals surface area contributed by atoms with Gasteiger partial charge in [-0.2, -0.15) is 0 Å². The third-order valence-electron chi connectivity index (χ3n) is 2.84. The summed E-state index contributed by atoms with van der Waals surface area (Å²) in [7, 11) is 0. The van der Waals surface area contributed by atoms with E-state index in [2.05, 4.69) is 32.0 Å². The number of aryl methyl sites for hydroxylation is 2. The van der Waals surface area contributed by atoms with E-state index in [1.807, 2.05) is 13.8 Å². The molecule has 1 aromatic carbocycles. The lowest BCUT2D eigenvalue weighted by atomic mass is 9.84. The normalized spacial score (nSPS) is 19.3. The number of rotatable bonds is 0. The predicted octanol–water partition coefficient (Wildman–Crippen LogP) is 4.15. The van der Waals surface area contributed by atoms with Gasteiger partial charge in [-0.25, -0.2) is 0 Å². The highest BCUT2D eigenvalue weighted by molar-refractivity contribution is 5.33. The molecule has 1 aliphatic rings. The molecule has 0 N–H and O–H groups in total. The molecule has 1 unspecified atom stereocenters. The Morgan fingerprint density at radius 1 is 1.14 bits per heavy atom. The van der Waals surface area contributed by atoms with Crippen molar-refractivity contribution in [1.82, 2.24) is 0 Å². The van der Waals surface area contributed by atoms with Gasteiger partial charge in [-0.05, 0) is 43.2 Å². The van der Waals surface area contributed by atoms with Crippen molar-refractivity contribution in [3.05, 3.63) is 34.9 Å². The average molecular weight is 190 g/mol. The van der Waals surface area contributed by atoms with Gasteiger partial charge in [-0.15, -0.1) is 0 Å². The molecular formula is C14H22. The SMILES string of the molecule is CC.Cc1ccc2c(c1)CC(C)CC2. The van der Waals surface area contributed by atoms with Crippen LogP contribution in [0.25, 0.3) is 0 Å². The Hall–Kier alpha value is -0.780. The van der Waals surface area contributed by atoms with Crippen LogP contribution < -0.4 is 0 Å². The van der Waals surface area contributed by atoms with Crippen LogP contribution in [0.4, 0.5) is 0 Å². The van der Waals surface area contributed by atoms with Gasteiger partial charge in [0.1, 0.15) is 0 Å². The van der Waals surface area contributed by atoms with Crippen molar-refractivity contribution in [3.63, 3.8) is 0 Å². The van der Waals surface area contributed by atoms with Crippen molar-refractivity contribution in [2.75, 3.05) is 0 Å². The lowest BCUT2D eigenvalue weighted by Crippen LogP contribution is -2.11. The summed E-state index contributed by atoms with van der Waals surface area (Å²) in [4.78, 5) is 0. The summed E-state index contributed by atoms with van der Waals surface area (Å²) in [6, 6.07) is 6.89. The zero-order chi connectivity index (χ0) is 10.6. The Morgan fingerprint density at radius 2 is 1.86 bits per heavy atom. The van der Waals surface area contributed by atoms with E-state index in [4.69, 9.17) is 0 Å². The van der Waals surface area contributed by atoms with E-state index in [9.17, 15) is 0 Å². The van der Waals surface area contributed by atoms with Crippen LogP contribution in [0.3, 0.4) is 0 Å². The number of hydrogen-bond acceptors (Lipinski definition) is 0. The van der Waals surface area contributed by atoms with Gasteiger partial charge in [-0.1, -0.05) is 44.5 Å². The van der Waals surface area contributed by atoms with E-state index < -0.39 is 0 Å². The smallest absolute Gasteiger partial charge is 0.0250 e. The zero-order valence-corrected chi connectivity index (χ0v) is 9.93. The third-order valence-corrected chi connectivity index (χ3v) is 2.84. The second kappa shape index (κ2) is 5.19. The van der Waals surface area contributed by atoms with Crippen LogP contribution in [0, 0.1) is 12.8 Å². The van der Waals surface area contributed by atoms with Gasteiger partial charge in [0, 0.05) is 0 Å². The van der Waals surface area contributed by atoms with Gasteiger partial charge in [0.2, 0.25) is 0 Å². The molecule has 78 valence electrons. The van der Waals surface area contributed by atoms with Crippen molar-refractivity contribution in [2.45, 2.75) is 47.0 Å². The first-order valence-electron chi connectivity index (χ1n) is 5.84. The summed E-state index contributed by atoms with van der Waals surface area (Å²) in [6.45, 7) is 8.53. The predicted molar refractivity (Wildman–Crippen MR) is 63.7 cm³/mol. The molecule has 0 saturated carbocycles. The summed E-state index contributed by atoms with van der Waals surface area (Å²) < 4.78 is 0. The van der Waals surface area contributed by atoms with Crippen molar-refractivity contribution >= 4 is 0 Å². The summed E-state index contributed by atoms with van der Waals surface area (Å²) >= 11 is 0. The Balaban J connectivity index is 0.000000461. The van der Waals surface area contributed by atoms with Crippen molar-refractivity contribution in [3.8, 4) is 0 Å². The fourth-order valence-electron chi connectivity index (χ4n) is 2.07. The molecule has 0 bridgehead atoms. The summed E-state index contributed by atoms with van der Waals surface area (Å²) in [5.74, 6) is 0.888. The third kappa shape index (κ3) is 2.60. The maximum Gasteiger partial charge on any atom is -0.0250 e. The van der Waals surface area contributed by atoms with Gasteiger partial charge < -0.3 is 0 Å². The fraction of sp³-hybridized carbons (Fsp3) is 0.571. The average Bonchev–Trinajstić information content (AvgIpc) is 2.20. The van der Waals surface area contributed by atoms with Gasteiger partial charge in [0.25, 0.3) is 0 Å². The summed E-state index contributed by atoms with van der Waals surface area (Å²) in [5.41, 5.74) is 4.58. The molecule has 1 aromatic rings. The minimum absolute atomic E-state index is 0.888. The lowest BCUT2D eigenvalue weighted by molar-refractivity contribution is 0.501. The molecule has 0 spiro atoms. The Kier molecular flexibility index (Phi) is 4.19. The Labute approximate surface area is 88.4 Å². The minimum Gasteiger partial charge on any atom is -0.0683 e. The number of fused-ring (bicyclic) bond motifs is 1. The van der Waals surface area contributed by atoms with Gasteiger partial charge in [0.15, 0.2) is 0 Å². The van der Waals surface area contributed by atoms with Crippen molar-refractivity contribution in [1.29, 1.82) is 0 Å². The van der Waals surface area contributed by atoms with E-state index in [0.717, 1.165) is 5.92 Å². The maximum absolute atomic E-state index is 2.35. The quantitative estimate of drug-likeness (QED) is 0.576. The molecule has 2 rings (SSSR count). The highest BCUT2D eigenvalue weighted by Crippen LogP contribution is 2.25. The first-order valence-corrected chi connectivity index (χ1v) is 5.84. The standard InChI is InChI=1S/C12H16.C2H6/c1-9-3-5-11-6-4-10(2)8-12(11)7-9;1-2/h3,5,7,10H,4,6,8H2,1-2H3;1-2H3. The minimum atomic E-state index is 0.888. The second-order valence-electron chi connectivity index (χ2n) is 4.12. The number of benzene rings is 1. The monoisotopic (exact) mass is 190 g/mol. The van der Waals surface area contributed by atoms with E-state index in [1.54, 1.807) is 11.1 Å². The molecular weight excluding hydrogens is 168 g/mol. The van der Waals surface area contributed by atoms with Gasteiger partial charge in [0.05, 0.1) is 0 Å². The number of hydrogen-bond donors (Lipinski definition) is 0. The van der Waals surface area contributed by atoms with Crippen molar-refractivity contribution in [2.24, 2.45) is 5.92 Å². The summed E-state index contributed by atoms with van der Waals surface area (Å²) in [6.07, 6.45) is 3.95. The molecule has 14 heavy (non-hydrogen) atoms. The van der Waals surface area contributed by atoms with Crippen LogP contribution in [0.1, 0.15) is 43.9 Å². The fourth-order valence-corrected chi connectivity index (χ4v) is 2.07. The Bertz CT molecular complexity index is 286. The maximum atomic E-state index is 2.35. The van der Waals surface area contributed by atoms with Gasteiger partial charge in [-0.3, -0.25) is 0 Å². The highest BCUT2D eigenvalue weighted by Gasteiger charge is 2.14.